The van der Waals surface area contributed by atoms with Crippen molar-refractivity contribution in [3.8, 4) is 11.5 Å². The summed E-state index contributed by atoms with van der Waals surface area (Å²) >= 11 is 17.8. The van der Waals surface area contributed by atoms with Gasteiger partial charge in [-0.1, -0.05) is 45.6 Å². The van der Waals surface area contributed by atoms with E-state index in [1.54, 1.807) is 0 Å². The molecule has 36 heavy (non-hydrogen) atoms. The Bertz CT molecular complexity index is 1070. The van der Waals surface area contributed by atoms with Crippen LogP contribution in [-0.4, -0.2) is 22.0 Å². The maximum absolute atomic E-state index is 12.0. The number of alkyl halides is 6. The average molecular weight is 689 g/mol. The zero-order valence-corrected chi connectivity index (χ0v) is 22.0. The quantitative estimate of drug-likeness (QED) is 0.301. The molecule has 0 spiro atoms. The molecule has 0 bridgehead atoms. The van der Waals surface area contributed by atoms with Crippen LogP contribution in [0.5, 0.6) is 11.5 Å². The van der Waals surface area contributed by atoms with Crippen molar-refractivity contribution in [3.63, 3.8) is 0 Å². The van der Waals surface area contributed by atoms with Gasteiger partial charge in [0, 0.05) is 12.8 Å². The monoisotopic (exact) mass is 686 g/mol. The number of oxime groups is 2. The van der Waals surface area contributed by atoms with Crippen LogP contribution in [0.2, 0.25) is 10.0 Å². The molecule has 196 valence electrons. The third-order valence-electron chi connectivity index (χ3n) is 4.37. The van der Waals surface area contributed by atoms with E-state index >= 15 is 0 Å². The summed E-state index contributed by atoms with van der Waals surface area (Å²) in [5.41, 5.74) is 1.26. The summed E-state index contributed by atoms with van der Waals surface area (Å²) in [6, 6.07) is 7.96. The van der Waals surface area contributed by atoms with Crippen molar-refractivity contribution < 1.29 is 45.5 Å². The summed E-state index contributed by atoms with van der Waals surface area (Å²) in [7, 11) is 0. The standard InChI is InChI=1S/2C10H6BrClF3NO2/c2*11-9-4-8(18-16-9)5-1-2-7(6(12)3-5)17-10(13,14)15/h2*1-3,8H,4H2/t2*8-/m10/s1. The van der Waals surface area contributed by atoms with Gasteiger partial charge in [0.2, 0.25) is 0 Å². The molecule has 0 aromatic heterocycles. The molecule has 0 saturated carbocycles. The average Bonchev–Trinajstić information content (AvgIpc) is 3.38. The maximum Gasteiger partial charge on any atom is 0.573 e. The lowest BCUT2D eigenvalue weighted by Crippen LogP contribution is -2.17. The van der Waals surface area contributed by atoms with Gasteiger partial charge >= 0.3 is 12.7 Å². The SMILES string of the molecule is FC(F)(F)Oc1ccc([C@@H]2CC(Br)=NO2)cc1Cl.FC(F)(F)Oc1ccc([C@H]2CC(Br)=NO2)cc1Cl. The fraction of sp³-hybridized carbons (Fsp3) is 0.300. The number of nitrogens with zero attached hydrogens (tertiary/aromatic N) is 2. The smallest absolute Gasteiger partial charge is 0.404 e. The van der Waals surface area contributed by atoms with E-state index in [4.69, 9.17) is 32.9 Å². The summed E-state index contributed by atoms with van der Waals surface area (Å²) in [4.78, 5) is 10.1. The first-order valence-electron chi connectivity index (χ1n) is 9.57. The molecular weight excluding hydrogens is 677 g/mol. The first-order valence-corrected chi connectivity index (χ1v) is 11.9. The van der Waals surface area contributed by atoms with Gasteiger partial charge in [0.15, 0.2) is 12.2 Å². The van der Waals surface area contributed by atoms with Crippen molar-refractivity contribution in [2.45, 2.75) is 37.8 Å². The molecule has 6 nitrogen and oxygen atoms in total. The van der Waals surface area contributed by atoms with Gasteiger partial charge in [-0.25, -0.2) is 0 Å². The fourth-order valence-corrected chi connectivity index (χ4v) is 4.11. The summed E-state index contributed by atoms with van der Waals surface area (Å²) in [5, 5.41) is 7.11. The zero-order valence-electron chi connectivity index (χ0n) is 17.3. The van der Waals surface area contributed by atoms with Gasteiger partial charge in [0.25, 0.3) is 0 Å². The topological polar surface area (TPSA) is 61.6 Å². The van der Waals surface area contributed by atoms with E-state index in [0.717, 1.165) is 12.1 Å². The molecule has 0 saturated heterocycles. The van der Waals surface area contributed by atoms with Gasteiger partial charge in [-0.15, -0.1) is 26.3 Å². The number of hydrogen-bond donors (Lipinski definition) is 0. The van der Waals surface area contributed by atoms with Crippen LogP contribution in [0.25, 0.3) is 0 Å². The number of hydrogen-bond acceptors (Lipinski definition) is 6. The van der Waals surface area contributed by atoms with E-state index in [2.05, 4.69) is 51.6 Å². The van der Waals surface area contributed by atoms with Crippen LogP contribution in [0.4, 0.5) is 26.3 Å². The third kappa shape index (κ3) is 8.60. The molecular formula is C20H12Br2Cl2F6N2O4. The largest absolute Gasteiger partial charge is 0.573 e. The fourth-order valence-electron chi connectivity index (χ4n) is 2.90. The van der Waals surface area contributed by atoms with E-state index in [9.17, 15) is 26.3 Å². The minimum Gasteiger partial charge on any atom is -0.404 e. The predicted molar refractivity (Wildman–Crippen MR) is 126 cm³/mol. The Balaban J connectivity index is 0.000000201. The summed E-state index contributed by atoms with van der Waals surface area (Å²) in [6.45, 7) is 0. The minimum absolute atomic E-state index is 0.128. The Morgan fingerprint density at radius 3 is 1.33 bits per heavy atom. The van der Waals surface area contributed by atoms with Crippen LogP contribution in [0, 0.1) is 0 Å². The molecule has 0 fully saturated rings. The van der Waals surface area contributed by atoms with Crippen molar-refractivity contribution in [2.24, 2.45) is 10.3 Å². The Kier molecular flexibility index (Phi) is 9.28. The Labute approximate surface area is 226 Å². The molecule has 4 rings (SSSR count). The van der Waals surface area contributed by atoms with Gasteiger partial charge in [0.1, 0.15) is 20.7 Å². The van der Waals surface area contributed by atoms with Gasteiger partial charge < -0.3 is 19.1 Å². The Morgan fingerprint density at radius 1 is 0.722 bits per heavy atom. The minimum atomic E-state index is -4.76. The molecule has 16 heteroatoms. The Hall–Kier alpha value is -1.90. The molecule has 2 atom stereocenters. The maximum atomic E-state index is 12.0. The zero-order chi connectivity index (χ0) is 26.7. The molecule has 0 amide bonds. The van der Waals surface area contributed by atoms with E-state index in [0.29, 0.717) is 33.2 Å². The summed E-state index contributed by atoms with van der Waals surface area (Å²) in [6.07, 6.45) is -9.21. The highest BCUT2D eigenvalue weighted by Crippen LogP contribution is 2.37. The Morgan fingerprint density at radius 2 is 1.08 bits per heavy atom. The van der Waals surface area contributed by atoms with Gasteiger partial charge in [-0.2, -0.15) is 0 Å². The van der Waals surface area contributed by atoms with Gasteiger partial charge in [-0.05, 0) is 67.3 Å². The summed E-state index contributed by atoms with van der Waals surface area (Å²) < 4.78 is 81.1. The van der Waals surface area contributed by atoms with Crippen LogP contribution in [0.3, 0.4) is 0 Å². The number of ether oxygens (including phenoxy) is 2. The van der Waals surface area contributed by atoms with Crippen molar-refractivity contribution in [2.75, 3.05) is 0 Å². The molecule has 0 unspecified atom stereocenters. The summed E-state index contributed by atoms with van der Waals surface area (Å²) in [5.74, 6) is -0.878. The van der Waals surface area contributed by atoms with Crippen LogP contribution in [-0.2, 0) is 9.68 Å². The highest BCUT2D eigenvalue weighted by atomic mass is 79.9. The lowest BCUT2D eigenvalue weighted by atomic mass is 10.1. The number of halogens is 10. The van der Waals surface area contributed by atoms with E-state index in [1.165, 1.54) is 24.3 Å². The molecule has 2 heterocycles. The third-order valence-corrected chi connectivity index (χ3v) is 5.90. The van der Waals surface area contributed by atoms with Crippen molar-refractivity contribution >= 4 is 64.3 Å². The van der Waals surface area contributed by atoms with E-state index < -0.39 is 24.2 Å². The van der Waals surface area contributed by atoms with Crippen LogP contribution in [0.1, 0.15) is 36.2 Å². The van der Waals surface area contributed by atoms with Crippen molar-refractivity contribution in [1.82, 2.24) is 0 Å². The van der Waals surface area contributed by atoms with E-state index in [1.807, 2.05) is 0 Å². The van der Waals surface area contributed by atoms with Crippen molar-refractivity contribution in [3.05, 3.63) is 57.6 Å². The molecule has 0 radical (unpaired) electrons. The molecule has 2 aromatic carbocycles. The first-order chi connectivity index (χ1) is 16.7. The first kappa shape index (κ1) is 28.7. The molecule has 2 aliphatic heterocycles. The highest BCUT2D eigenvalue weighted by molar-refractivity contribution is 9.18. The second-order valence-corrected chi connectivity index (χ2v) is 9.65. The normalized spacial score (nSPS) is 19.4. The second-order valence-electron chi connectivity index (χ2n) is 7.01. The van der Waals surface area contributed by atoms with Crippen LogP contribution in [0.15, 0.2) is 46.7 Å². The molecule has 0 aliphatic carbocycles. The van der Waals surface area contributed by atoms with Crippen molar-refractivity contribution in [1.29, 1.82) is 0 Å². The second kappa shape index (κ2) is 11.7. The number of benzene rings is 2. The number of rotatable bonds is 4. The van der Waals surface area contributed by atoms with E-state index in [-0.39, 0.29) is 22.3 Å². The lowest BCUT2D eigenvalue weighted by Gasteiger charge is -2.13. The lowest BCUT2D eigenvalue weighted by molar-refractivity contribution is -0.275. The molecule has 0 N–H and O–H groups in total. The van der Waals surface area contributed by atoms with Crippen LogP contribution < -0.4 is 9.47 Å². The molecule has 2 aliphatic rings. The highest BCUT2D eigenvalue weighted by Gasteiger charge is 2.33. The van der Waals surface area contributed by atoms with Gasteiger partial charge in [-0.3, -0.25) is 0 Å². The van der Waals surface area contributed by atoms with Gasteiger partial charge in [0.05, 0.1) is 10.0 Å². The van der Waals surface area contributed by atoms with Crippen LogP contribution >= 0.6 is 55.1 Å². The molecule has 2 aromatic rings. The predicted octanol–water partition coefficient (Wildman–Crippen LogP) is 8.82.